The van der Waals surface area contributed by atoms with Crippen LogP contribution in [0.2, 0.25) is 0 Å². The summed E-state index contributed by atoms with van der Waals surface area (Å²) in [6.07, 6.45) is 1.39. The molecule has 2 aliphatic rings. The summed E-state index contributed by atoms with van der Waals surface area (Å²) in [5, 5.41) is 0. The van der Waals surface area contributed by atoms with Crippen LogP contribution in [0.3, 0.4) is 0 Å². The van der Waals surface area contributed by atoms with E-state index >= 15 is 0 Å². The Morgan fingerprint density at radius 1 is 1.33 bits per heavy atom. The Hall–Kier alpha value is 0.420. The molecule has 15 heavy (non-hydrogen) atoms. The van der Waals surface area contributed by atoms with Crippen LogP contribution in [0.15, 0.2) is 0 Å². The van der Waals surface area contributed by atoms with Crippen LogP contribution in [-0.4, -0.2) is 53.1 Å². The molecular weight excluding hydrogens is 232 g/mol. The van der Waals surface area contributed by atoms with Crippen molar-refractivity contribution in [3.8, 4) is 0 Å². The zero-order valence-corrected chi connectivity index (χ0v) is 10.5. The van der Waals surface area contributed by atoms with E-state index in [1.54, 1.807) is 0 Å². The minimum absolute atomic E-state index is 0.250. The van der Waals surface area contributed by atoms with E-state index in [1.165, 1.54) is 5.75 Å². The van der Waals surface area contributed by atoms with E-state index in [9.17, 15) is 4.21 Å². The van der Waals surface area contributed by atoms with E-state index < -0.39 is 10.8 Å². The molecule has 0 saturated carbocycles. The summed E-state index contributed by atoms with van der Waals surface area (Å²) in [7, 11) is -0.709. The predicted molar refractivity (Wildman–Crippen MR) is 63.9 cm³/mol. The van der Waals surface area contributed by atoms with Gasteiger partial charge in [0.25, 0.3) is 0 Å². The average Bonchev–Trinajstić information content (AvgIpc) is 2.59. The zero-order chi connectivity index (χ0) is 10.5. The van der Waals surface area contributed by atoms with Crippen LogP contribution >= 0.6 is 11.8 Å². The highest BCUT2D eigenvalue weighted by atomic mass is 32.2. The summed E-state index contributed by atoms with van der Waals surface area (Å²) in [4.78, 5) is 0. The number of hydrogen-bond acceptors (Lipinski definition) is 4. The predicted octanol–water partition coefficient (Wildman–Crippen LogP) is 0.904. The molecule has 0 aromatic carbocycles. The first-order chi connectivity index (χ1) is 7.36. The topological polar surface area (TPSA) is 35.5 Å². The van der Waals surface area contributed by atoms with E-state index in [-0.39, 0.29) is 6.10 Å². The van der Waals surface area contributed by atoms with Crippen LogP contribution in [0.4, 0.5) is 0 Å². The molecule has 2 aliphatic heterocycles. The molecule has 2 rings (SSSR count). The second-order valence-electron chi connectivity index (χ2n) is 3.98. The molecule has 2 fully saturated rings. The average molecular weight is 250 g/mol. The van der Waals surface area contributed by atoms with Gasteiger partial charge in [0.05, 0.1) is 19.3 Å². The lowest BCUT2D eigenvalue weighted by Gasteiger charge is -2.23. The van der Waals surface area contributed by atoms with Crippen molar-refractivity contribution >= 4 is 22.6 Å². The number of hydrogen-bond donors (Lipinski definition) is 0. The summed E-state index contributed by atoms with van der Waals surface area (Å²) < 4.78 is 22.9. The Balaban J connectivity index is 1.91. The molecular formula is C10H18O3S2. The number of ether oxygens (including phenoxy) is 2. The Morgan fingerprint density at radius 3 is 3.20 bits per heavy atom. The quantitative estimate of drug-likeness (QED) is 0.693. The molecule has 0 aromatic heterocycles. The summed E-state index contributed by atoms with van der Waals surface area (Å²) >= 11 is 1.95. The van der Waals surface area contributed by atoms with Crippen LogP contribution in [0, 0.1) is 5.92 Å². The SMILES string of the molecule is O=S1CCOCC(C2CSCCCO2)C1. The molecule has 0 bridgehead atoms. The Bertz CT molecular complexity index is 215. The van der Waals surface area contributed by atoms with Crippen LogP contribution in [0.1, 0.15) is 6.42 Å². The molecule has 3 unspecified atom stereocenters. The van der Waals surface area contributed by atoms with Crippen molar-refractivity contribution in [1.82, 2.24) is 0 Å². The third-order valence-corrected chi connectivity index (χ3v) is 5.32. The fraction of sp³-hybridized carbons (Fsp3) is 1.00. The maximum atomic E-state index is 11.6. The molecule has 0 radical (unpaired) electrons. The highest BCUT2D eigenvalue weighted by Crippen LogP contribution is 2.21. The molecule has 88 valence electrons. The van der Waals surface area contributed by atoms with Crippen molar-refractivity contribution in [2.24, 2.45) is 5.92 Å². The third kappa shape index (κ3) is 3.73. The lowest BCUT2D eigenvalue weighted by Crippen LogP contribution is -2.32. The normalized spacial score (nSPS) is 39.3. The van der Waals surface area contributed by atoms with Crippen molar-refractivity contribution in [3.05, 3.63) is 0 Å². The van der Waals surface area contributed by atoms with Gasteiger partial charge in [0.15, 0.2) is 0 Å². The highest BCUT2D eigenvalue weighted by Gasteiger charge is 2.27. The Labute approximate surface area is 97.7 Å². The number of rotatable bonds is 1. The monoisotopic (exact) mass is 250 g/mol. The van der Waals surface area contributed by atoms with Gasteiger partial charge in [0.1, 0.15) is 0 Å². The summed E-state index contributed by atoms with van der Waals surface area (Å²) in [5.74, 6) is 4.00. The van der Waals surface area contributed by atoms with Gasteiger partial charge >= 0.3 is 0 Å². The van der Waals surface area contributed by atoms with Crippen LogP contribution < -0.4 is 0 Å². The summed E-state index contributed by atoms with van der Waals surface area (Å²) in [6, 6.07) is 0. The first kappa shape index (κ1) is 11.9. The van der Waals surface area contributed by atoms with Gasteiger partial charge in [-0.2, -0.15) is 11.8 Å². The van der Waals surface area contributed by atoms with Gasteiger partial charge in [-0.3, -0.25) is 4.21 Å². The van der Waals surface area contributed by atoms with Crippen molar-refractivity contribution in [1.29, 1.82) is 0 Å². The van der Waals surface area contributed by atoms with E-state index in [1.807, 2.05) is 11.8 Å². The molecule has 3 atom stereocenters. The minimum atomic E-state index is -0.709. The minimum Gasteiger partial charge on any atom is -0.380 e. The smallest absolute Gasteiger partial charge is 0.0724 e. The van der Waals surface area contributed by atoms with Gasteiger partial charge < -0.3 is 9.47 Å². The first-order valence-electron chi connectivity index (χ1n) is 5.48. The van der Waals surface area contributed by atoms with Gasteiger partial charge in [0, 0.05) is 40.6 Å². The molecule has 0 N–H and O–H groups in total. The standard InChI is InChI=1S/C10H18O3S2/c11-15-5-3-12-6-9(8-15)10-7-14-4-1-2-13-10/h9-10H,1-8H2. The summed E-state index contributed by atoms with van der Waals surface area (Å²) in [5.41, 5.74) is 0. The molecule has 0 spiro atoms. The highest BCUT2D eigenvalue weighted by molar-refractivity contribution is 7.99. The van der Waals surface area contributed by atoms with E-state index in [2.05, 4.69) is 0 Å². The molecule has 2 saturated heterocycles. The maximum Gasteiger partial charge on any atom is 0.0724 e. The van der Waals surface area contributed by atoms with Gasteiger partial charge in [0.2, 0.25) is 0 Å². The van der Waals surface area contributed by atoms with Crippen molar-refractivity contribution in [2.75, 3.05) is 42.8 Å². The molecule has 0 amide bonds. The van der Waals surface area contributed by atoms with Gasteiger partial charge in [-0.1, -0.05) is 0 Å². The fourth-order valence-electron chi connectivity index (χ4n) is 1.89. The van der Waals surface area contributed by atoms with Crippen molar-refractivity contribution in [3.63, 3.8) is 0 Å². The van der Waals surface area contributed by atoms with Crippen molar-refractivity contribution in [2.45, 2.75) is 12.5 Å². The largest absolute Gasteiger partial charge is 0.380 e. The molecule has 2 heterocycles. The van der Waals surface area contributed by atoms with Crippen LogP contribution in [0.25, 0.3) is 0 Å². The Kier molecular flexibility index (Phi) is 4.94. The van der Waals surface area contributed by atoms with Gasteiger partial charge in [-0.15, -0.1) is 0 Å². The molecule has 3 nitrogen and oxygen atoms in total. The van der Waals surface area contributed by atoms with E-state index in [0.717, 1.165) is 31.1 Å². The van der Waals surface area contributed by atoms with Crippen LogP contribution in [-0.2, 0) is 20.3 Å². The number of thioether (sulfide) groups is 1. The molecule has 5 heteroatoms. The zero-order valence-electron chi connectivity index (χ0n) is 8.85. The summed E-state index contributed by atoms with van der Waals surface area (Å²) in [6.45, 7) is 2.21. The second kappa shape index (κ2) is 6.23. The molecule has 0 aromatic rings. The van der Waals surface area contributed by atoms with Crippen molar-refractivity contribution < 1.29 is 13.7 Å². The Morgan fingerprint density at radius 2 is 2.27 bits per heavy atom. The van der Waals surface area contributed by atoms with E-state index in [0.29, 0.717) is 18.3 Å². The van der Waals surface area contributed by atoms with Gasteiger partial charge in [-0.25, -0.2) is 0 Å². The lowest BCUT2D eigenvalue weighted by atomic mass is 10.1. The first-order valence-corrected chi connectivity index (χ1v) is 8.12. The third-order valence-electron chi connectivity index (χ3n) is 2.76. The lowest BCUT2D eigenvalue weighted by molar-refractivity contribution is 0.00485. The van der Waals surface area contributed by atoms with Gasteiger partial charge in [-0.05, 0) is 12.2 Å². The molecule has 0 aliphatic carbocycles. The van der Waals surface area contributed by atoms with Crippen LogP contribution in [0.5, 0.6) is 0 Å². The fourth-order valence-corrected chi connectivity index (χ4v) is 4.24. The second-order valence-corrected chi connectivity index (χ2v) is 6.75. The maximum absolute atomic E-state index is 11.6. The van der Waals surface area contributed by atoms with E-state index in [4.69, 9.17) is 9.47 Å².